The second kappa shape index (κ2) is 7.70. The van der Waals surface area contributed by atoms with E-state index in [-0.39, 0.29) is 29.5 Å². The SMILES string of the molecule is CC1=CC[C@H](O)C[C@@H]2C[C@]34CC[C@H]1C(=CC2=O)[C@@H]3[C@@H](O)C[C@@H]4[C@@](C)(O)C=C[C@H](C)O. The van der Waals surface area contributed by atoms with Crippen LogP contribution in [0, 0.1) is 29.1 Å². The number of rotatable bonds is 3. The Kier molecular flexibility index (Phi) is 5.63. The molecule has 0 aromatic rings. The monoisotopic (exact) mass is 416 g/mol. The van der Waals surface area contributed by atoms with Gasteiger partial charge in [0.25, 0.3) is 0 Å². The molecule has 9 atom stereocenters. The topological polar surface area (TPSA) is 98.0 Å². The molecular formula is C25H36O5. The molecule has 4 rings (SSSR count). The number of hydrogen-bond donors (Lipinski definition) is 4. The molecule has 2 saturated carbocycles. The number of aliphatic hydroxyl groups is 4. The Balaban J connectivity index is 1.85. The first-order valence-electron chi connectivity index (χ1n) is 11.4. The first kappa shape index (κ1) is 21.9. The third-order valence-corrected chi connectivity index (χ3v) is 8.41. The highest BCUT2D eigenvalue weighted by Crippen LogP contribution is 2.66. The van der Waals surface area contributed by atoms with Gasteiger partial charge >= 0.3 is 0 Å². The average molecular weight is 417 g/mol. The van der Waals surface area contributed by atoms with Crippen molar-refractivity contribution in [3.8, 4) is 0 Å². The summed E-state index contributed by atoms with van der Waals surface area (Å²) in [4.78, 5) is 13.2. The van der Waals surface area contributed by atoms with E-state index in [0.717, 1.165) is 18.4 Å². The van der Waals surface area contributed by atoms with Gasteiger partial charge in [-0.2, -0.15) is 0 Å². The van der Waals surface area contributed by atoms with Crippen molar-refractivity contribution in [2.75, 3.05) is 0 Å². The maximum atomic E-state index is 13.2. The third-order valence-electron chi connectivity index (χ3n) is 8.41. The van der Waals surface area contributed by atoms with E-state index in [2.05, 4.69) is 13.0 Å². The molecule has 0 heterocycles. The summed E-state index contributed by atoms with van der Waals surface area (Å²) in [5.74, 6) is -0.498. The van der Waals surface area contributed by atoms with Gasteiger partial charge in [-0.15, -0.1) is 0 Å². The van der Waals surface area contributed by atoms with Crippen molar-refractivity contribution in [1.29, 1.82) is 0 Å². The second-order valence-electron chi connectivity index (χ2n) is 10.5. The lowest BCUT2D eigenvalue weighted by Crippen LogP contribution is -2.48. The predicted molar refractivity (Wildman–Crippen MR) is 114 cm³/mol. The first-order valence-corrected chi connectivity index (χ1v) is 11.4. The molecule has 4 aliphatic rings. The molecule has 0 amide bonds. The summed E-state index contributed by atoms with van der Waals surface area (Å²) in [6, 6.07) is 0. The van der Waals surface area contributed by atoms with Gasteiger partial charge in [-0.05, 0) is 76.7 Å². The van der Waals surface area contributed by atoms with Crippen LogP contribution in [0.5, 0.6) is 0 Å². The van der Waals surface area contributed by atoms with Crippen molar-refractivity contribution in [3.63, 3.8) is 0 Å². The van der Waals surface area contributed by atoms with Crippen LogP contribution in [0.4, 0.5) is 0 Å². The van der Waals surface area contributed by atoms with Gasteiger partial charge < -0.3 is 20.4 Å². The van der Waals surface area contributed by atoms with Gasteiger partial charge in [0.15, 0.2) is 5.78 Å². The van der Waals surface area contributed by atoms with Crippen molar-refractivity contribution in [2.45, 2.75) is 83.2 Å². The summed E-state index contributed by atoms with van der Waals surface area (Å²) in [6.45, 7) is 5.48. The average Bonchev–Trinajstić information content (AvgIpc) is 2.92. The van der Waals surface area contributed by atoms with Crippen LogP contribution in [0.2, 0.25) is 0 Å². The van der Waals surface area contributed by atoms with E-state index >= 15 is 0 Å². The highest BCUT2D eigenvalue weighted by molar-refractivity contribution is 5.93. The van der Waals surface area contributed by atoms with Crippen LogP contribution in [-0.2, 0) is 4.79 Å². The summed E-state index contributed by atoms with van der Waals surface area (Å²) in [5.41, 5.74) is 0.601. The Labute approximate surface area is 179 Å². The molecule has 0 spiro atoms. The fourth-order valence-corrected chi connectivity index (χ4v) is 7.15. The summed E-state index contributed by atoms with van der Waals surface area (Å²) >= 11 is 0. The standard InChI is InChI=1S/C25H36O5/c1-14-4-5-17(27)10-16-13-25-9-7-18(14)19(11-20(16)28)23(25)21(29)12-22(25)24(3,30)8-6-15(2)26/h4,6,8,11,15-18,21-23,26-27,29-30H,5,7,9-10,12-13H2,1-3H3/t15-,16+,17-,18+,21-,22+,23+,24-,25-/m0/s1. The lowest BCUT2D eigenvalue weighted by atomic mass is 9.54. The first-order chi connectivity index (χ1) is 14.0. The zero-order chi connectivity index (χ0) is 21.8. The second-order valence-corrected chi connectivity index (χ2v) is 10.5. The number of fused-ring (bicyclic) bond motifs is 2. The molecule has 5 nitrogen and oxygen atoms in total. The highest BCUT2D eigenvalue weighted by Gasteiger charge is 2.63. The Morgan fingerprint density at radius 2 is 2.03 bits per heavy atom. The zero-order valence-electron chi connectivity index (χ0n) is 18.3. The molecule has 0 aliphatic heterocycles. The molecular weight excluding hydrogens is 380 g/mol. The van der Waals surface area contributed by atoms with Crippen LogP contribution in [-0.4, -0.2) is 50.1 Å². The van der Waals surface area contributed by atoms with Crippen molar-refractivity contribution in [3.05, 3.63) is 35.5 Å². The number of hydrogen-bond acceptors (Lipinski definition) is 5. The lowest BCUT2D eigenvalue weighted by Gasteiger charge is -2.51. The van der Waals surface area contributed by atoms with E-state index < -0.39 is 29.3 Å². The van der Waals surface area contributed by atoms with Gasteiger partial charge in [-0.1, -0.05) is 29.4 Å². The van der Waals surface area contributed by atoms with Gasteiger partial charge in [0.05, 0.1) is 23.9 Å². The van der Waals surface area contributed by atoms with Crippen molar-refractivity contribution >= 4 is 5.78 Å². The van der Waals surface area contributed by atoms with Crippen LogP contribution in [0.3, 0.4) is 0 Å². The molecule has 0 unspecified atom stereocenters. The lowest BCUT2D eigenvalue weighted by molar-refractivity contribution is -0.121. The Morgan fingerprint density at radius 1 is 1.30 bits per heavy atom. The van der Waals surface area contributed by atoms with Crippen molar-refractivity contribution < 1.29 is 25.2 Å². The molecule has 30 heavy (non-hydrogen) atoms. The molecule has 0 aromatic carbocycles. The van der Waals surface area contributed by atoms with E-state index in [1.165, 1.54) is 5.57 Å². The molecule has 4 N–H and O–H groups in total. The maximum absolute atomic E-state index is 13.2. The molecule has 4 aliphatic carbocycles. The smallest absolute Gasteiger partial charge is 0.158 e. The number of carbonyl (C=O) groups excluding carboxylic acids is 1. The fourth-order valence-electron chi connectivity index (χ4n) is 7.15. The minimum atomic E-state index is -1.20. The van der Waals surface area contributed by atoms with Crippen LogP contribution in [0.1, 0.15) is 59.3 Å². The summed E-state index contributed by atoms with van der Waals surface area (Å²) in [6.07, 6.45) is 9.07. The molecule has 3 bridgehead atoms. The van der Waals surface area contributed by atoms with Crippen LogP contribution < -0.4 is 0 Å². The minimum Gasteiger partial charge on any atom is -0.393 e. The molecule has 0 radical (unpaired) electrons. The van der Waals surface area contributed by atoms with Gasteiger partial charge in [-0.3, -0.25) is 4.79 Å². The van der Waals surface area contributed by atoms with E-state index in [0.29, 0.717) is 25.7 Å². The van der Waals surface area contributed by atoms with Crippen molar-refractivity contribution in [1.82, 2.24) is 0 Å². The molecule has 0 saturated heterocycles. The van der Waals surface area contributed by atoms with Gasteiger partial charge in [-0.25, -0.2) is 0 Å². The Hall–Kier alpha value is -1.27. The maximum Gasteiger partial charge on any atom is 0.158 e. The van der Waals surface area contributed by atoms with Crippen molar-refractivity contribution in [2.24, 2.45) is 29.1 Å². The van der Waals surface area contributed by atoms with E-state index in [1.54, 1.807) is 32.1 Å². The fraction of sp³-hybridized carbons (Fsp3) is 0.720. The zero-order valence-corrected chi connectivity index (χ0v) is 18.3. The van der Waals surface area contributed by atoms with Gasteiger partial charge in [0.2, 0.25) is 0 Å². The highest BCUT2D eigenvalue weighted by atomic mass is 16.3. The van der Waals surface area contributed by atoms with E-state index in [4.69, 9.17) is 0 Å². The van der Waals surface area contributed by atoms with Gasteiger partial charge in [0, 0.05) is 17.8 Å². The largest absolute Gasteiger partial charge is 0.393 e. The molecule has 2 fully saturated rings. The number of aliphatic hydroxyl groups excluding tert-OH is 3. The summed E-state index contributed by atoms with van der Waals surface area (Å²) in [7, 11) is 0. The molecule has 166 valence electrons. The van der Waals surface area contributed by atoms with E-state index in [9.17, 15) is 25.2 Å². The Bertz CT molecular complexity index is 791. The number of carbonyl (C=O) groups is 1. The summed E-state index contributed by atoms with van der Waals surface area (Å²) in [5, 5.41) is 43.0. The minimum absolute atomic E-state index is 0.0598. The normalized spacial score (nSPS) is 44.3. The van der Waals surface area contributed by atoms with Crippen LogP contribution in [0.25, 0.3) is 0 Å². The summed E-state index contributed by atoms with van der Waals surface area (Å²) < 4.78 is 0. The van der Waals surface area contributed by atoms with Crippen LogP contribution >= 0.6 is 0 Å². The quantitative estimate of drug-likeness (QED) is 0.530. The number of ketones is 1. The van der Waals surface area contributed by atoms with Gasteiger partial charge in [0.1, 0.15) is 0 Å². The van der Waals surface area contributed by atoms with Crippen LogP contribution in [0.15, 0.2) is 35.5 Å². The molecule has 5 heteroatoms. The molecule has 0 aromatic heterocycles. The Morgan fingerprint density at radius 3 is 2.73 bits per heavy atom. The number of allylic oxidation sites excluding steroid dienone is 2. The predicted octanol–water partition coefficient (Wildman–Crippen LogP) is 2.68. The van der Waals surface area contributed by atoms with E-state index in [1.807, 2.05) is 0 Å². The third kappa shape index (κ3) is 3.54.